The maximum absolute atomic E-state index is 12.1. The average Bonchev–Trinajstić information content (AvgIpc) is 3.12. The molecule has 3 aromatic carbocycles. The molecule has 4 aromatic rings. The van der Waals surface area contributed by atoms with Crippen LogP contribution in [0.1, 0.15) is 31.9 Å². The summed E-state index contributed by atoms with van der Waals surface area (Å²) in [6.45, 7) is 5.86. The minimum atomic E-state index is -0.565. The van der Waals surface area contributed by atoms with Gasteiger partial charge in [-0.1, -0.05) is 34.8 Å². The van der Waals surface area contributed by atoms with Crippen LogP contribution >= 0.6 is 34.8 Å². The van der Waals surface area contributed by atoms with Crippen LogP contribution in [-0.4, -0.2) is 29.1 Å². The van der Waals surface area contributed by atoms with E-state index < -0.39 is 11.7 Å². The highest BCUT2D eigenvalue weighted by Gasteiger charge is 2.16. The molecule has 0 bridgehead atoms. The van der Waals surface area contributed by atoms with Gasteiger partial charge in [0, 0.05) is 38.9 Å². The molecule has 0 spiro atoms. The number of nitrogens with one attached hydrogen (secondary N) is 2. The minimum absolute atomic E-state index is 0.304. The number of rotatable bonds is 5. The van der Waals surface area contributed by atoms with Crippen molar-refractivity contribution >= 4 is 74.2 Å². The van der Waals surface area contributed by atoms with Gasteiger partial charge in [0.2, 0.25) is 0 Å². The second-order valence-electron chi connectivity index (χ2n) is 9.15. The summed E-state index contributed by atoms with van der Waals surface area (Å²) in [4.78, 5) is 20.2. The van der Waals surface area contributed by atoms with Crippen LogP contribution in [-0.2, 0) is 11.2 Å². The number of aromatic amines is 1. The number of alkyl carbamates (subject to hydrolysis) is 1. The number of aliphatic imine (C=N–C) groups is 1. The molecular weight excluding hydrogens is 507 g/mol. The largest absolute Gasteiger partial charge is 0.444 e. The fourth-order valence-corrected chi connectivity index (χ4v) is 4.23. The maximum Gasteiger partial charge on any atom is 0.407 e. The van der Waals surface area contributed by atoms with Gasteiger partial charge in [0.15, 0.2) is 0 Å². The molecule has 1 amide bonds. The summed E-state index contributed by atoms with van der Waals surface area (Å²) in [6.07, 6.45) is 0.0852. The molecular formula is C26H25Cl3N4O2. The zero-order valence-corrected chi connectivity index (χ0v) is 21.8. The first kappa shape index (κ1) is 25.2. The molecule has 0 fully saturated rings. The van der Waals surface area contributed by atoms with Crippen molar-refractivity contribution in [3.05, 3.63) is 74.7 Å². The average molecular weight is 532 g/mol. The standard InChI is InChI=1S/C26H25Cl3N4O2/c1-26(2,3)35-25(34)31-9-8-14-10-17(32-24(30)15-4-6-20(28)21(29)11-15)13-19-18-12-16(27)5-7-22(18)33-23(14)19/h4-7,10-13,33H,8-9H2,1-3H3,(H2,30,32)(H,31,34). The van der Waals surface area contributed by atoms with E-state index in [0.717, 1.165) is 27.4 Å². The monoisotopic (exact) mass is 530 g/mol. The molecule has 0 aliphatic carbocycles. The van der Waals surface area contributed by atoms with E-state index in [2.05, 4.69) is 15.3 Å². The lowest BCUT2D eigenvalue weighted by Crippen LogP contribution is -2.33. The minimum Gasteiger partial charge on any atom is -0.444 e. The topological polar surface area (TPSA) is 92.5 Å². The molecule has 6 nitrogen and oxygen atoms in total. The Balaban J connectivity index is 1.72. The van der Waals surface area contributed by atoms with E-state index in [1.165, 1.54) is 0 Å². The fraction of sp³-hybridized carbons (Fsp3) is 0.231. The van der Waals surface area contributed by atoms with Crippen LogP contribution in [0.2, 0.25) is 15.1 Å². The number of hydrogen-bond acceptors (Lipinski definition) is 3. The number of amidine groups is 1. The van der Waals surface area contributed by atoms with Crippen LogP contribution in [0, 0.1) is 0 Å². The molecule has 4 rings (SSSR count). The summed E-state index contributed by atoms with van der Waals surface area (Å²) in [6, 6.07) is 14.7. The van der Waals surface area contributed by atoms with Gasteiger partial charge in [-0.25, -0.2) is 9.79 Å². The van der Waals surface area contributed by atoms with E-state index >= 15 is 0 Å². The summed E-state index contributed by atoms with van der Waals surface area (Å²) in [5.74, 6) is 0.304. The van der Waals surface area contributed by atoms with Crippen molar-refractivity contribution in [3.63, 3.8) is 0 Å². The molecule has 0 saturated heterocycles. The number of nitrogens with two attached hydrogens (primary N) is 1. The van der Waals surface area contributed by atoms with E-state index in [-0.39, 0.29) is 0 Å². The van der Waals surface area contributed by atoms with Crippen LogP contribution in [0.15, 0.2) is 53.5 Å². The third kappa shape index (κ3) is 6.01. The number of H-pyrrole nitrogens is 1. The van der Waals surface area contributed by atoms with Crippen LogP contribution in [0.25, 0.3) is 21.8 Å². The maximum atomic E-state index is 12.1. The lowest BCUT2D eigenvalue weighted by atomic mass is 10.0. The summed E-state index contributed by atoms with van der Waals surface area (Å²) in [7, 11) is 0. The molecule has 0 atom stereocenters. The smallest absolute Gasteiger partial charge is 0.407 e. The second-order valence-corrected chi connectivity index (χ2v) is 10.4. The molecule has 0 aliphatic rings. The van der Waals surface area contributed by atoms with Crippen molar-refractivity contribution in [1.82, 2.24) is 10.3 Å². The molecule has 0 radical (unpaired) electrons. The van der Waals surface area contributed by atoms with Gasteiger partial charge in [-0.2, -0.15) is 0 Å². The third-order valence-electron chi connectivity index (χ3n) is 5.26. The molecule has 1 aromatic heterocycles. The summed E-state index contributed by atoms with van der Waals surface area (Å²) in [5, 5.41) is 6.22. The zero-order valence-electron chi connectivity index (χ0n) is 19.5. The Hall–Kier alpha value is -2.93. The van der Waals surface area contributed by atoms with Crippen molar-refractivity contribution in [2.75, 3.05) is 6.54 Å². The fourth-order valence-electron chi connectivity index (χ4n) is 3.76. The van der Waals surface area contributed by atoms with Crippen molar-refractivity contribution in [2.24, 2.45) is 10.7 Å². The van der Waals surface area contributed by atoms with Gasteiger partial charge < -0.3 is 20.8 Å². The number of carbonyl (C=O) groups excluding carboxylic acids is 1. The van der Waals surface area contributed by atoms with Crippen molar-refractivity contribution in [3.8, 4) is 0 Å². The van der Waals surface area contributed by atoms with E-state index in [0.29, 0.717) is 45.1 Å². The van der Waals surface area contributed by atoms with Gasteiger partial charge in [-0.05, 0) is 81.3 Å². The summed E-state index contributed by atoms with van der Waals surface area (Å²) >= 11 is 18.4. The van der Waals surface area contributed by atoms with Gasteiger partial charge in [0.1, 0.15) is 11.4 Å². The number of hydrogen-bond donors (Lipinski definition) is 3. The van der Waals surface area contributed by atoms with Crippen LogP contribution in [0.4, 0.5) is 10.5 Å². The van der Waals surface area contributed by atoms with E-state index in [1.807, 2.05) is 51.1 Å². The van der Waals surface area contributed by atoms with Gasteiger partial charge in [0.05, 0.1) is 15.7 Å². The number of halogens is 3. The normalized spacial score (nSPS) is 12.3. The van der Waals surface area contributed by atoms with Crippen LogP contribution < -0.4 is 11.1 Å². The zero-order chi connectivity index (χ0) is 25.3. The molecule has 9 heteroatoms. The highest BCUT2D eigenvalue weighted by Crippen LogP contribution is 2.34. The summed E-state index contributed by atoms with van der Waals surface area (Å²) in [5.41, 5.74) is 9.91. The Morgan fingerprint density at radius 2 is 1.80 bits per heavy atom. The van der Waals surface area contributed by atoms with Crippen LogP contribution in [0.3, 0.4) is 0 Å². The molecule has 1 heterocycles. The Morgan fingerprint density at radius 3 is 2.51 bits per heavy atom. The molecule has 4 N–H and O–H groups in total. The Bertz CT molecular complexity index is 1450. The summed E-state index contributed by atoms with van der Waals surface area (Å²) < 4.78 is 5.34. The number of fused-ring (bicyclic) bond motifs is 3. The highest BCUT2D eigenvalue weighted by atomic mass is 35.5. The number of carbonyl (C=O) groups is 1. The van der Waals surface area contributed by atoms with Crippen molar-refractivity contribution in [1.29, 1.82) is 0 Å². The molecule has 182 valence electrons. The Morgan fingerprint density at radius 1 is 1.03 bits per heavy atom. The highest BCUT2D eigenvalue weighted by molar-refractivity contribution is 6.42. The first-order valence-corrected chi connectivity index (χ1v) is 12.1. The van der Waals surface area contributed by atoms with Crippen molar-refractivity contribution < 1.29 is 9.53 Å². The quantitative estimate of drug-likeness (QED) is 0.185. The molecule has 0 aliphatic heterocycles. The van der Waals surface area contributed by atoms with Crippen molar-refractivity contribution in [2.45, 2.75) is 32.8 Å². The second kappa shape index (κ2) is 9.97. The van der Waals surface area contributed by atoms with E-state index in [9.17, 15) is 4.79 Å². The lowest BCUT2D eigenvalue weighted by molar-refractivity contribution is 0.0528. The van der Waals surface area contributed by atoms with Crippen LogP contribution in [0.5, 0.6) is 0 Å². The third-order valence-corrected chi connectivity index (χ3v) is 6.24. The number of ether oxygens (including phenoxy) is 1. The SMILES string of the molecule is CC(C)(C)OC(=O)NCCc1cc(N=C(N)c2ccc(Cl)c(Cl)c2)cc2c1[nH]c1ccc(Cl)cc12. The van der Waals surface area contributed by atoms with Gasteiger partial charge in [-0.15, -0.1) is 0 Å². The number of aromatic nitrogens is 1. The number of benzene rings is 3. The Kier molecular flexibility index (Phi) is 7.17. The van der Waals surface area contributed by atoms with E-state index in [4.69, 9.17) is 45.3 Å². The van der Waals surface area contributed by atoms with Gasteiger partial charge in [-0.3, -0.25) is 0 Å². The Labute approximate surface area is 218 Å². The molecule has 35 heavy (non-hydrogen) atoms. The predicted octanol–water partition coefficient (Wildman–Crippen LogP) is 7.39. The number of nitrogens with zero attached hydrogens (tertiary/aromatic N) is 1. The number of amides is 1. The predicted molar refractivity (Wildman–Crippen MR) is 146 cm³/mol. The lowest BCUT2D eigenvalue weighted by Gasteiger charge is -2.19. The molecule has 0 unspecified atom stereocenters. The first-order valence-electron chi connectivity index (χ1n) is 11.0. The molecule has 0 saturated carbocycles. The van der Waals surface area contributed by atoms with E-state index in [1.54, 1.807) is 18.2 Å². The van der Waals surface area contributed by atoms with Gasteiger partial charge in [0.25, 0.3) is 0 Å². The van der Waals surface area contributed by atoms with Gasteiger partial charge >= 0.3 is 6.09 Å². The first-order chi connectivity index (χ1) is 16.5.